The molecule has 3 aliphatic rings. The molecule has 3 aromatic rings. The number of hydrogen-bond donors (Lipinski definition) is 1. The zero-order valence-corrected chi connectivity index (χ0v) is 20.3. The minimum absolute atomic E-state index is 0.0247. The molecular formula is C26H23ClN4O5. The summed E-state index contributed by atoms with van der Waals surface area (Å²) in [5.74, 6) is -2.15. The van der Waals surface area contributed by atoms with Crippen LogP contribution in [0.1, 0.15) is 30.9 Å². The molecule has 0 spiro atoms. The Balaban J connectivity index is 1.61. The molecule has 4 atom stereocenters. The molecule has 1 N–H and O–H groups in total. The van der Waals surface area contributed by atoms with Crippen molar-refractivity contribution >= 4 is 29.1 Å². The Morgan fingerprint density at radius 3 is 2.44 bits per heavy atom. The van der Waals surface area contributed by atoms with Crippen molar-refractivity contribution in [2.75, 3.05) is 4.90 Å². The van der Waals surface area contributed by atoms with Crippen molar-refractivity contribution in [2.45, 2.75) is 31.8 Å². The van der Waals surface area contributed by atoms with Gasteiger partial charge in [-0.15, -0.1) is 0 Å². The predicted molar refractivity (Wildman–Crippen MR) is 132 cm³/mol. The molecule has 2 fully saturated rings. The SMILES string of the molecule is Cn1c(=O)n2n(c1=O)[C@@H]1C[C@H]3C(=O)N(c4ccccc4)C(=O)[C@@]3(C)[C@@H](c3ccc(O)cc3Cl)C1=CC2. The van der Waals surface area contributed by atoms with Crippen LogP contribution in [0.4, 0.5) is 5.69 Å². The molecule has 6 rings (SSSR count). The van der Waals surface area contributed by atoms with Gasteiger partial charge in [-0.25, -0.2) is 28.4 Å². The third-order valence-corrected chi connectivity index (χ3v) is 8.37. The maximum Gasteiger partial charge on any atom is 0.347 e. The number of benzene rings is 2. The van der Waals surface area contributed by atoms with Crippen molar-refractivity contribution in [2.24, 2.45) is 18.4 Å². The Morgan fingerprint density at radius 2 is 1.75 bits per heavy atom. The second-order valence-electron chi connectivity index (χ2n) is 9.79. The average Bonchev–Trinajstić information content (AvgIpc) is 3.20. The molecule has 10 heteroatoms. The molecule has 1 saturated carbocycles. The highest BCUT2D eigenvalue weighted by Crippen LogP contribution is 2.62. The van der Waals surface area contributed by atoms with Gasteiger partial charge in [-0.05, 0) is 48.7 Å². The molecule has 2 aromatic carbocycles. The molecule has 9 nitrogen and oxygen atoms in total. The van der Waals surface area contributed by atoms with E-state index in [0.29, 0.717) is 11.3 Å². The van der Waals surface area contributed by atoms with Gasteiger partial charge < -0.3 is 5.11 Å². The molecule has 1 saturated heterocycles. The molecular weight excluding hydrogens is 484 g/mol. The van der Waals surface area contributed by atoms with Crippen LogP contribution in [0, 0.1) is 11.3 Å². The first-order valence-electron chi connectivity index (χ1n) is 11.7. The highest BCUT2D eigenvalue weighted by molar-refractivity contribution is 6.32. The molecule has 1 aromatic heterocycles. The summed E-state index contributed by atoms with van der Waals surface area (Å²) >= 11 is 6.62. The lowest BCUT2D eigenvalue weighted by atomic mass is 9.56. The fourth-order valence-corrected chi connectivity index (χ4v) is 6.59. The molecule has 1 aliphatic carbocycles. The summed E-state index contributed by atoms with van der Waals surface area (Å²) in [6, 6.07) is 12.7. The van der Waals surface area contributed by atoms with E-state index in [1.165, 1.54) is 33.4 Å². The van der Waals surface area contributed by atoms with Crippen molar-refractivity contribution < 1.29 is 14.7 Å². The standard InChI is InChI=1S/C26H23ClN4O5/c1-26-18(22(33)30(23(26)34)14-6-4-3-5-7-14)13-20-17(21(26)16-9-8-15(32)12-19(16)27)10-11-29-24(35)28(2)25(36)31(20)29/h3-10,12,18,20-21,32H,11,13H2,1-2H3/t18-,20+,21-,26+/m0/s1. The monoisotopic (exact) mass is 506 g/mol. The minimum atomic E-state index is -1.20. The van der Waals surface area contributed by atoms with E-state index in [-0.39, 0.29) is 35.6 Å². The van der Waals surface area contributed by atoms with Crippen LogP contribution in [0.25, 0.3) is 0 Å². The summed E-state index contributed by atoms with van der Waals surface area (Å²) in [4.78, 5) is 55.0. The van der Waals surface area contributed by atoms with E-state index >= 15 is 0 Å². The second-order valence-corrected chi connectivity index (χ2v) is 10.2. The number of carbonyl (C=O) groups excluding carboxylic acids is 2. The predicted octanol–water partition coefficient (Wildman–Crippen LogP) is 2.57. The molecule has 3 heterocycles. The summed E-state index contributed by atoms with van der Waals surface area (Å²) < 4.78 is 3.82. The van der Waals surface area contributed by atoms with Crippen molar-refractivity contribution in [3.05, 3.63) is 91.7 Å². The largest absolute Gasteiger partial charge is 0.508 e. The van der Waals surface area contributed by atoms with Crippen LogP contribution in [-0.4, -0.2) is 30.9 Å². The van der Waals surface area contributed by atoms with Gasteiger partial charge in [-0.1, -0.05) is 41.9 Å². The lowest BCUT2D eigenvalue weighted by Gasteiger charge is -2.47. The number of phenols is 1. The van der Waals surface area contributed by atoms with Gasteiger partial charge in [0.15, 0.2) is 0 Å². The van der Waals surface area contributed by atoms with Crippen LogP contribution < -0.4 is 16.3 Å². The first kappa shape index (κ1) is 22.6. The third-order valence-electron chi connectivity index (χ3n) is 8.04. The fraction of sp³-hybridized carbons (Fsp3) is 0.308. The first-order chi connectivity index (χ1) is 17.2. The number of halogens is 1. The van der Waals surface area contributed by atoms with Gasteiger partial charge in [0, 0.05) is 18.0 Å². The molecule has 2 aliphatic heterocycles. The summed E-state index contributed by atoms with van der Waals surface area (Å²) in [5, 5.41) is 10.2. The normalized spacial score (nSPS) is 26.9. The number of hydrogen-bond acceptors (Lipinski definition) is 5. The molecule has 36 heavy (non-hydrogen) atoms. The minimum Gasteiger partial charge on any atom is -0.508 e. The Labute approximate surface area is 210 Å². The van der Waals surface area contributed by atoms with Gasteiger partial charge in [0.1, 0.15) is 5.75 Å². The van der Waals surface area contributed by atoms with Gasteiger partial charge in [-0.2, -0.15) is 0 Å². The smallest absolute Gasteiger partial charge is 0.347 e. The van der Waals surface area contributed by atoms with Crippen molar-refractivity contribution in [1.82, 2.24) is 13.9 Å². The van der Waals surface area contributed by atoms with Gasteiger partial charge in [0.05, 0.1) is 29.6 Å². The van der Waals surface area contributed by atoms with E-state index in [0.717, 1.165) is 10.1 Å². The average molecular weight is 507 g/mol. The lowest BCUT2D eigenvalue weighted by Crippen LogP contribution is -2.49. The van der Waals surface area contributed by atoms with Gasteiger partial charge in [0.2, 0.25) is 11.8 Å². The van der Waals surface area contributed by atoms with E-state index in [1.54, 1.807) is 37.3 Å². The van der Waals surface area contributed by atoms with E-state index in [4.69, 9.17) is 11.6 Å². The number of anilines is 1. The van der Waals surface area contributed by atoms with Crippen LogP contribution >= 0.6 is 11.6 Å². The van der Waals surface area contributed by atoms with Crippen LogP contribution in [0.3, 0.4) is 0 Å². The van der Waals surface area contributed by atoms with Crippen molar-refractivity contribution in [3.63, 3.8) is 0 Å². The van der Waals surface area contributed by atoms with Crippen LogP contribution in [0.15, 0.2) is 69.8 Å². The van der Waals surface area contributed by atoms with Gasteiger partial charge >= 0.3 is 11.4 Å². The fourth-order valence-electron chi connectivity index (χ4n) is 6.30. The number of fused-ring (bicyclic) bond motifs is 4. The summed E-state index contributed by atoms with van der Waals surface area (Å²) in [6.45, 7) is 1.93. The first-order valence-corrected chi connectivity index (χ1v) is 12.0. The molecule has 2 amide bonds. The summed E-state index contributed by atoms with van der Waals surface area (Å²) in [6.07, 6.45) is 2.05. The van der Waals surface area contributed by atoms with Crippen LogP contribution in [0.2, 0.25) is 5.02 Å². The number of nitrogens with zero attached hydrogens (tertiary/aromatic N) is 4. The van der Waals surface area contributed by atoms with E-state index < -0.39 is 34.7 Å². The maximum atomic E-state index is 14.1. The number of carbonyl (C=O) groups is 2. The highest BCUT2D eigenvalue weighted by atomic mass is 35.5. The zero-order valence-electron chi connectivity index (χ0n) is 19.6. The number of aromatic nitrogens is 3. The number of phenolic OH excluding ortho intramolecular Hbond substituents is 1. The third kappa shape index (κ3) is 2.77. The molecule has 184 valence electrons. The van der Waals surface area contributed by atoms with E-state index in [1.807, 2.05) is 12.1 Å². The Kier molecular flexibility index (Phi) is 4.75. The summed E-state index contributed by atoms with van der Waals surface area (Å²) in [7, 11) is 1.42. The molecule has 0 bridgehead atoms. The number of allylic oxidation sites excluding steroid dienone is 2. The van der Waals surface area contributed by atoms with Crippen molar-refractivity contribution in [1.29, 1.82) is 0 Å². The highest BCUT2D eigenvalue weighted by Gasteiger charge is 2.65. The Hall–Kier alpha value is -3.85. The Morgan fingerprint density at radius 1 is 1.03 bits per heavy atom. The molecule has 0 unspecified atom stereocenters. The maximum absolute atomic E-state index is 14.1. The number of para-hydroxylation sites is 1. The number of aromatic hydroxyl groups is 1. The van der Waals surface area contributed by atoms with E-state index in [2.05, 4.69) is 0 Å². The zero-order chi connectivity index (χ0) is 25.5. The lowest BCUT2D eigenvalue weighted by molar-refractivity contribution is -0.129. The quantitative estimate of drug-likeness (QED) is 0.425. The molecule has 0 radical (unpaired) electrons. The number of imide groups is 1. The van der Waals surface area contributed by atoms with Crippen LogP contribution in [-0.2, 0) is 23.2 Å². The number of rotatable bonds is 2. The van der Waals surface area contributed by atoms with Gasteiger partial charge in [0.25, 0.3) is 0 Å². The Bertz CT molecular complexity index is 1600. The van der Waals surface area contributed by atoms with Gasteiger partial charge in [-0.3, -0.25) is 9.59 Å². The van der Waals surface area contributed by atoms with E-state index in [9.17, 15) is 24.3 Å². The summed E-state index contributed by atoms with van der Waals surface area (Å²) in [5.41, 5.74) is -0.311. The van der Waals surface area contributed by atoms with Crippen LogP contribution in [0.5, 0.6) is 5.75 Å². The number of amides is 2. The second kappa shape index (κ2) is 7.57. The topological polar surface area (TPSA) is 107 Å². The van der Waals surface area contributed by atoms with Crippen molar-refractivity contribution in [3.8, 4) is 5.75 Å².